The Morgan fingerprint density at radius 3 is 2.04 bits per heavy atom. The van der Waals surface area contributed by atoms with Crippen molar-refractivity contribution < 1.29 is 27.5 Å². The van der Waals surface area contributed by atoms with Crippen molar-refractivity contribution in [2.24, 2.45) is 5.92 Å². The molecule has 4 rings (SSSR count). The number of hydrogen-bond acceptors (Lipinski definition) is 6. The maximum absolute atomic E-state index is 14.7. The summed E-state index contributed by atoms with van der Waals surface area (Å²) in [6.07, 6.45) is 0.145. The molecule has 12 heteroatoms. The fourth-order valence-electron chi connectivity index (χ4n) is 5.05. The van der Waals surface area contributed by atoms with Crippen molar-refractivity contribution in [1.82, 2.24) is 10.2 Å². The Morgan fingerprint density at radius 2 is 1.46 bits per heavy atom. The number of ether oxygens (including phenoxy) is 2. The van der Waals surface area contributed by atoms with Crippen molar-refractivity contribution in [3.8, 4) is 11.5 Å². The zero-order valence-corrected chi connectivity index (χ0v) is 29.6. The fourth-order valence-corrected chi connectivity index (χ4v) is 7.01. The molecule has 0 aliphatic carbocycles. The highest BCUT2D eigenvalue weighted by Crippen LogP contribution is 2.36. The lowest BCUT2D eigenvalue weighted by Gasteiger charge is -2.34. The summed E-state index contributed by atoms with van der Waals surface area (Å²) in [6.45, 7) is 3.44. The molecule has 0 heterocycles. The van der Waals surface area contributed by atoms with E-state index >= 15 is 0 Å². The molecule has 0 fully saturated rings. The predicted molar refractivity (Wildman–Crippen MR) is 189 cm³/mol. The van der Waals surface area contributed by atoms with Crippen LogP contribution in [0.15, 0.2) is 102 Å². The smallest absolute Gasteiger partial charge is 0.264 e. The molecule has 48 heavy (non-hydrogen) atoms. The van der Waals surface area contributed by atoms with Crippen LogP contribution in [0.3, 0.4) is 0 Å². The number of hydrogen-bond donors (Lipinski definition) is 1. The first-order chi connectivity index (χ1) is 23.0. The molecule has 254 valence electrons. The number of nitrogens with zero attached hydrogens (tertiary/aromatic N) is 2. The number of rotatable bonds is 15. The first-order valence-electron chi connectivity index (χ1n) is 15.3. The third-order valence-electron chi connectivity index (χ3n) is 7.61. The van der Waals surface area contributed by atoms with Crippen LogP contribution in [0.25, 0.3) is 0 Å². The number of amides is 2. The van der Waals surface area contributed by atoms with Crippen molar-refractivity contribution in [2.75, 3.05) is 31.6 Å². The standard InChI is InChI=1S/C36H39Cl2N3O6S/c1-25(2)22-39-36(43)33(20-26-12-7-5-8-13-26)40(23-29-30(37)16-11-17-31(29)38)35(42)24-41(48(44,45)28-14-9-6-10-15-28)32-21-27(46-3)18-19-34(32)47-4/h5-19,21,25,33H,20,22-24H2,1-4H3,(H,39,43). The van der Waals surface area contributed by atoms with Crippen molar-refractivity contribution in [1.29, 1.82) is 0 Å². The van der Waals surface area contributed by atoms with Gasteiger partial charge in [-0.2, -0.15) is 0 Å². The lowest BCUT2D eigenvalue weighted by molar-refractivity contribution is -0.140. The van der Waals surface area contributed by atoms with Gasteiger partial charge in [0.1, 0.15) is 24.1 Å². The molecular weight excluding hydrogens is 673 g/mol. The number of methoxy groups -OCH3 is 2. The van der Waals surface area contributed by atoms with Gasteiger partial charge in [0.05, 0.1) is 24.8 Å². The van der Waals surface area contributed by atoms with E-state index < -0.39 is 34.4 Å². The van der Waals surface area contributed by atoms with Crippen LogP contribution >= 0.6 is 23.2 Å². The Hall–Kier alpha value is -4.25. The van der Waals surface area contributed by atoms with Gasteiger partial charge in [-0.3, -0.25) is 13.9 Å². The van der Waals surface area contributed by atoms with Crippen LogP contribution in [0.1, 0.15) is 25.0 Å². The second kappa shape index (κ2) is 16.7. The Morgan fingerprint density at radius 1 is 0.833 bits per heavy atom. The number of carbonyl (C=O) groups excluding carboxylic acids is 2. The van der Waals surface area contributed by atoms with Crippen molar-refractivity contribution in [2.45, 2.75) is 37.8 Å². The zero-order chi connectivity index (χ0) is 34.8. The van der Waals surface area contributed by atoms with Gasteiger partial charge >= 0.3 is 0 Å². The van der Waals surface area contributed by atoms with Gasteiger partial charge in [0.2, 0.25) is 11.8 Å². The van der Waals surface area contributed by atoms with E-state index in [-0.39, 0.29) is 35.2 Å². The monoisotopic (exact) mass is 711 g/mol. The van der Waals surface area contributed by atoms with Gasteiger partial charge in [0.25, 0.3) is 10.0 Å². The average Bonchev–Trinajstić information content (AvgIpc) is 3.09. The summed E-state index contributed by atoms with van der Waals surface area (Å²) in [5.41, 5.74) is 1.29. The Kier molecular flexibility index (Phi) is 12.7. The minimum Gasteiger partial charge on any atom is -0.497 e. The highest BCUT2D eigenvalue weighted by Gasteiger charge is 2.36. The lowest BCUT2D eigenvalue weighted by Crippen LogP contribution is -2.53. The highest BCUT2D eigenvalue weighted by atomic mass is 35.5. The molecule has 0 aliphatic heterocycles. The Labute approximate surface area is 292 Å². The van der Waals surface area contributed by atoms with Crippen LogP contribution < -0.4 is 19.1 Å². The summed E-state index contributed by atoms with van der Waals surface area (Å²) < 4.78 is 40.6. The van der Waals surface area contributed by atoms with Gasteiger partial charge in [-0.05, 0) is 47.9 Å². The van der Waals surface area contributed by atoms with Crippen molar-refractivity contribution in [3.63, 3.8) is 0 Å². The average molecular weight is 713 g/mol. The van der Waals surface area contributed by atoms with Crippen LogP contribution in [0, 0.1) is 5.92 Å². The Bertz CT molecular complexity index is 1790. The summed E-state index contributed by atoms with van der Waals surface area (Å²) in [5, 5.41) is 3.55. The van der Waals surface area contributed by atoms with Crippen LogP contribution in [-0.2, 0) is 32.6 Å². The molecule has 1 N–H and O–H groups in total. The minimum absolute atomic E-state index is 0.0427. The quantitative estimate of drug-likeness (QED) is 0.149. The first-order valence-corrected chi connectivity index (χ1v) is 17.5. The van der Waals surface area contributed by atoms with E-state index in [0.29, 0.717) is 27.9 Å². The summed E-state index contributed by atoms with van der Waals surface area (Å²) in [5.74, 6) is -0.391. The molecule has 4 aromatic rings. The molecule has 0 bridgehead atoms. The third kappa shape index (κ3) is 9.00. The molecule has 1 atom stereocenters. The largest absolute Gasteiger partial charge is 0.497 e. The summed E-state index contributed by atoms with van der Waals surface area (Å²) in [4.78, 5) is 30.0. The number of halogens is 2. The van der Waals surface area contributed by atoms with E-state index in [4.69, 9.17) is 32.7 Å². The molecule has 4 aromatic carbocycles. The molecule has 0 saturated carbocycles. The van der Waals surface area contributed by atoms with Crippen LogP contribution in [0.2, 0.25) is 10.0 Å². The van der Waals surface area contributed by atoms with E-state index in [1.54, 1.807) is 48.5 Å². The van der Waals surface area contributed by atoms with Crippen LogP contribution in [-0.4, -0.2) is 58.5 Å². The molecule has 0 saturated heterocycles. The van der Waals surface area contributed by atoms with E-state index in [1.165, 1.54) is 37.3 Å². The second-order valence-corrected chi connectivity index (χ2v) is 14.1. The normalized spacial score (nSPS) is 11.9. The van der Waals surface area contributed by atoms with E-state index in [9.17, 15) is 18.0 Å². The van der Waals surface area contributed by atoms with Gasteiger partial charge in [-0.1, -0.05) is 91.6 Å². The second-order valence-electron chi connectivity index (χ2n) is 11.4. The molecule has 0 spiro atoms. The molecule has 1 unspecified atom stereocenters. The third-order valence-corrected chi connectivity index (χ3v) is 10.1. The number of anilines is 1. The number of benzene rings is 4. The van der Waals surface area contributed by atoms with Crippen LogP contribution in [0.4, 0.5) is 5.69 Å². The summed E-state index contributed by atoms with van der Waals surface area (Å²) in [7, 11) is -1.50. The Balaban J connectivity index is 1.89. The fraction of sp³-hybridized carbons (Fsp3) is 0.278. The van der Waals surface area contributed by atoms with Crippen molar-refractivity contribution >= 4 is 50.7 Å². The molecule has 0 radical (unpaired) electrons. The maximum Gasteiger partial charge on any atom is 0.264 e. The topological polar surface area (TPSA) is 105 Å². The highest BCUT2D eigenvalue weighted by molar-refractivity contribution is 7.92. The molecule has 2 amide bonds. The number of nitrogens with one attached hydrogen (secondary N) is 1. The van der Waals surface area contributed by atoms with E-state index in [2.05, 4.69) is 5.32 Å². The lowest BCUT2D eigenvalue weighted by atomic mass is 10.0. The molecular formula is C36H39Cl2N3O6S. The maximum atomic E-state index is 14.7. The van der Waals surface area contributed by atoms with Gasteiger partial charge in [-0.25, -0.2) is 8.42 Å². The van der Waals surface area contributed by atoms with Gasteiger partial charge in [0.15, 0.2) is 0 Å². The van der Waals surface area contributed by atoms with E-state index in [1.807, 2.05) is 44.2 Å². The summed E-state index contributed by atoms with van der Waals surface area (Å²) in [6, 6.07) is 25.6. The van der Waals surface area contributed by atoms with Gasteiger partial charge in [-0.15, -0.1) is 0 Å². The van der Waals surface area contributed by atoms with Crippen molar-refractivity contribution in [3.05, 3.63) is 118 Å². The van der Waals surface area contributed by atoms with Gasteiger partial charge < -0.3 is 19.7 Å². The zero-order valence-electron chi connectivity index (χ0n) is 27.2. The molecule has 0 aromatic heterocycles. The van der Waals surface area contributed by atoms with Crippen LogP contribution in [0.5, 0.6) is 11.5 Å². The van der Waals surface area contributed by atoms with Gasteiger partial charge in [0, 0.05) is 41.2 Å². The predicted octanol–water partition coefficient (Wildman–Crippen LogP) is 6.62. The molecule has 9 nitrogen and oxygen atoms in total. The first kappa shape index (κ1) is 36.6. The SMILES string of the molecule is COc1ccc(OC)c(N(CC(=O)N(Cc2c(Cl)cccc2Cl)C(Cc2ccccc2)C(=O)NCC(C)C)S(=O)(=O)c2ccccc2)c1. The number of carbonyl (C=O) groups is 2. The summed E-state index contributed by atoms with van der Waals surface area (Å²) >= 11 is 13.2. The molecule has 0 aliphatic rings. The van der Waals surface area contributed by atoms with E-state index in [0.717, 1.165) is 9.87 Å². The minimum atomic E-state index is -4.36. The number of sulfonamides is 1.